The van der Waals surface area contributed by atoms with Gasteiger partial charge in [-0.05, 0) is 28.5 Å². The third-order valence-corrected chi connectivity index (χ3v) is 2.47. The third-order valence-electron chi connectivity index (χ3n) is 2.47. The number of benzene rings is 2. The van der Waals surface area contributed by atoms with E-state index in [0.717, 1.165) is 12.1 Å². The van der Waals surface area contributed by atoms with Gasteiger partial charge in [0.2, 0.25) is 0 Å². The Balaban J connectivity index is 2.64. The first-order valence-electron chi connectivity index (χ1n) is 4.72. The van der Waals surface area contributed by atoms with E-state index in [1.807, 2.05) is 0 Å². The van der Waals surface area contributed by atoms with Crippen molar-refractivity contribution >= 4 is 10.8 Å². The molecule has 0 amide bonds. The molecule has 0 bridgehead atoms. The van der Waals surface area contributed by atoms with E-state index < -0.39 is 11.7 Å². The number of aliphatic hydroxyl groups is 1. The van der Waals surface area contributed by atoms with E-state index >= 15 is 0 Å². The van der Waals surface area contributed by atoms with E-state index in [-0.39, 0.29) is 6.61 Å². The average molecular weight is 226 g/mol. The number of aliphatic hydroxyl groups excluding tert-OH is 1. The van der Waals surface area contributed by atoms with Crippen LogP contribution >= 0.6 is 0 Å². The highest BCUT2D eigenvalue weighted by molar-refractivity contribution is 5.86. The van der Waals surface area contributed by atoms with Gasteiger partial charge in [-0.2, -0.15) is 13.2 Å². The van der Waals surface area contributed by atoms with Gasteiger partial charge in [-0.25, -0.2) is 0 Å². The van der Waals surface area contributed by atoms with Gasteiger partial charge in [0, 0.05) is 0 Å². The SMILES string of the molecule is OCc1cccc2cc(C(F)(F)F)ccc12. The lowest BCUT2D eigenvalue weighted by Crippen LogP contribution is -2.04. The van der Waals surface area contributed by atoms with Crippen molar-refractivity contribution in [2.45, 2.75) is 12.8 Å². The second-order valence-corrected chi connectivity index (χ2v) is 3.51. The molecule has 0 aliphatic heterocycles. The van der Waals surface area contributed by atoms with Crippen LogP contribution in [0.2, 0.25) is 0 Å². The summed E-state index contributed by atoms with van der Waals surface area (Å²) >= 11 is 0. The fourth-order valence-electron chi connectivity index (χ4n) is 1.66. The minimum atomic E-state index is -4.33. The van der Waals surface area contributed by atoms with Crippen molar-refractivity contribution in [3.63, 3.8) is 0 Å². The van der Waals surface area contributed by atoms with E-state index in [0.29, 0.717) is 16.3 Å². The quantitative estimate of drug-likeness (QED) is 0.790. The average Bonchev–Trinajstić information content (AvgIpc) is 2.26. The first-order valence-corrected chi connectivity index (χ1v) is 4.72. The Morgan fingerprint density at radius 1 is 1.06 bits per heavy atom. The summed E-state index contributed by atoms with van der Waals surface area (Å²) in [7, 11) is 0. The number of fused-ring (bicyclic) bond motifs is 1. The van der Waals surface area contributed by atoms with Crippen LogP contribution in [0.25, 0.3) is 10.8 Å². The first-order chi connectivity index (χ1) is 7.52. The van der Waals surface area contributed by atoms with Crippen LogP contribution < -0.4 is 0 Å². The van der Waals surface area contributed by atoms with Crippen molar-refractivity contribution in [1.82, 2.24) is 0 Å². The zero-order valence-electron chi connectivity index (χ0n) is 8.25. The van der Waals surface area contributed by atoms with E-state index in [4.69, 9.17) is 5.11 Å². The number of hydrogen-bond acceptors (Lipinski definition) is 1. The second kappa shape index (κ2) is 3.79. The lowest BCUT2D eigenvalue weighted by atomic mass is 10.0. The molecule has 1 nitrogen and oxygen atoms in total. The van der Waals surface area contributed by atoms with E-state index in [9.17, 15) is 13.2 Å². The minimum absolute atomic E-state index is 0.178. The Labute approximate surface area is 90.1 Å². The van der Waals surface area contributed by atoms with Gasteiger partial charge < -0.3 is 5.11 Å². The second-order valence-electron chi connectivity index (χ2n) is 3.51. The maximum Gasteiger partial charge on any atom is 0.416 e. The van der Waals surface area contributed by atoms with E-state index in [1.54, 1.807) is 18.2 Å². The minimum Gasteiger partial charge on any atom is -0.392 e. The molecule has 16 heavy (non-hydrogen) atoms. The summed E-state index contributed by atoms with van der Waals surface area (Å²) in [5.74, 6) is 0. The summed E-state index contributed by atoms with van der Waals surface area (Å²) in [6.07, 6.45) is -4.33. The molecule has 0 unspecified atom stereocenters. The van der Waals surface area contributed by atoms with E-state index in [2.05, 4.69) is 0 Å². The normalized spacial score (nSPS) is 12.0. The maximum absolute atomic E-state index is 12.4. The van der Waals surface area contributed by atoms with Crippen LogP contribution in [0.5, 0.6) is 0 Å². The topological polar surface area (TPSA) is 20.2 Å². The molecule has 0 spiro atoms. The highest BCUT2D eigenvalue weighted by Crippen LogP contribution is 2.32. The Morgan fingerprint density at radius 3 is 2.44 bits per heavy atom. The molecule has 0 aliphatic carbocycles. The lowest BCUT2D eigenvalue weighted by molar-refractivity contribution is -0.137. The molecule has 0 saturated heterocycles. The Kier molecular flexibility index (Phi) is 2.59. The van der Waals surface area contributed by atoms with Crippen molar-refractivity contribution in [1.29, 1.82) is 0 Å². The molecule has 2 aromatic rings. The van der Waals surface area contributed by atoms with Crippen LogP contribution in [0.4, 0.5) is 13.2 Å². The summed E-state index contributed by atoms with van der Waals surface area (Å²) in [4.78, 5) is 0. The molecule has 0 fully saturated rings. The fourth-order valence-corrected chi connectivity index (χ4v) is 1.66. The smallest absolute Gasteiger partial charge is 0.392 e. The molecular weight excluding hydrogens is 217 g/mol. The van der Waals surface area contributed by atoms with Gasteiger partial charge in [0.05, 0.1) is 12.2 Å². The third kappa shape index (κ3) is 1.88. The number of halogens is 3. The molecule has 0 radical (unpaired) electrons. The lowest BCUT2D eigenvalue weighted by Gasteiger charge is -2.09. The first kappa shape index (κ1) is 11.0. The van der Waals surface area contributed by atoms with Gasteiger partial charge in [0.25, 0.3) is 0 Å². The molecule has 0 heterocycles. The Bertz CT molecular complexity index is 517. The Morgan fingerprint density at radius 2 is 1.81 bits per heavy atom. The summed E-state index contributed by atoms with van der Waals surface area (Å²) in [5.41, 5.74) is -0.0404. The predicted octanol–water partition coefficient (Wildman–Crippen LogP) is 3.35. The summed E-state index contributed by atoms with van der Waals surface area (Å²) < 4.78 is 37.3. The highest BCUT2D eigenvalue weighted by atomic mass is 19.4. The van der Waals surface area contributed by atoms with Crippen molar-refractivity contribution in [3.8, 4) is 0 Å². The molecule has 4 heteroatoms. The molecular formula is C12H9F3O. The van der Waals surface area contributed by atoms with Crippen LogP contribution in [0.1, 0.15) is 11.1 Å². The molecule has 0 aromatic heterocycles. The zero-order valence-corrected chi connectivity index (χ0v) is 8.25. The van der Waals surface area contributed by atoms with Gasteiger partial charge in [-0.3, -0.25) is 0 Å². The van der Waals surface area contributed by atoms with Gasteiger partial charge in [-0.1, -0.05) is 24.3 Å². The summed E-state index contributed by atoms with van der Waals surface area (Å²) in [6, 6.07) is 8.44. The van der Waals surface area contributed by atoms with E-state index in [1.165, 1.54) is 6.07 Å². The molecule has 84 valence electrons. The molecule has 2 rings (SSSR count). The predicted molar refractivity (Wildman–Crippen MR) is 54.9 cm³/mol. The van der Waals surface area contributed by atoms with Crippen LogP contribution in [0.3, 0.4) is 0 Å². The Hall–Kier alpha value is -1.55. The zero-order chi connectivity index (χ0) is 11.8. The van der Waals surface area contributed by atoms with Crippen molar-refractivity contribution in [3.05, 3.63) is 47.5 Å². The van der Waals surface area contributed by atoms with Crippen LogP contribution in [0.15, 0.2) is 36.4 Å². The summed E-state index contributed by atoms with van der Waals surface area (Å²) in [6.45, 7) is -0.178. The van der Waals surface area contributed by atoms with Crippen LogP contribution in [-0.4, -0.2) is 5.11 Å². The fraction of sp³-hybridized carbons (Fsp3) is 0.167. The van der Waals surface area contributed by atoms with Gasteiger partial charge >= 0.3 is 6.18 Å². The number of alkyl halides is 3. The van der Waals surface area contributed by atoms with Crippen molar-refractivity contribution in [2.75, 3.05) is 0 Å². The van der Waals surface area contributed by atoms with Crippen LogP contribution in [-0.2, 0) is 12.8 Å². The molecule has 2 aromatic carbocycles. The number of rotatable bonds is 1. The molecule has 0 atom stereocenters. The van der Waals surface area contributed by atoms with Crippen molar-refractivity contribution in [2.24, 2.45) is 0 Å². The highest BCUT2D eigenvalue weighted by Gasteiger charge is 2.30. The van der Waals surface area contributed by atoms with Crippen molar-refractivity contribution < 1.29 is 18.3 Å². The monoisotopic (exact) mass is 226 g/mol. The van der Waals surface area contributed by atoms with Gasteiger partial charge in [0.1, 0.15) is 0 Å². The maximum atomic E-state index is 12.4. The molecule has 1 N–H and O–H groups in total. The molecule has 0 aliphatic rings. The van der Waals surface area contributed by atoms with Crippen LogP contribution in [0, 0.1) is 0 Å². The summed E-state index contributed by atoms with van der Waals surface area (Å²) in [5, 5.41) is 10.2. The number of hydrogen-bond donors (Lipinski definition) is 1. The molecule has 0 saturated carbocycles. The standard InChI is InChI=1S/C12H9F3O/c13-12(14,15)10-4-5-11-8(6-10)2-1-3-9(11)7-16/h1-6,16H,7H2. The largest absolute Gasteiger partial charge is 0.416 e. The van der Waals surface area contributed by atoms with Gasteiger partial charge in [-0.15, -0.1) is 0 Å². The van der Waals surface area contributed by atoms with Gasteiger partial charge in [0.15, 0.2) is 0 Å².